The molecule has 16 heavy (non-hydrogen) atoms. The number of hydroxylamine groups is 2. The van der Waals surface area contributed by atoms with Crippen molar-refractivity contribution in [2.75, 3.05) is 0 Å². The predicted octanol–water partition coefficient (Wildman–Crippen LogP) is 2.04. The lowest BCUT2D eigenvalue weighted by Gasteiger charge is -2.82. The molecular weight excluding hydrogens is 288 g/mol. The summed E-state index contributed by atoms with van der Waals surface area (Å²) in [7, 11) is -12.8. The third kappa shape index (κ3) is 0.489. The SMILES string of the molecule is O=C1N2OP3(=O)OC2=CS124(O3)OP(=O)(O2)O4. The van der Waals surface area contributed by atoms with Gasteiger partial charge in [0.2, 0.25) is 5.88 Å². The fourth-order valence-electron chi connectivity index (χ4n) is 2.09. The molecule has 7 aliphatic heterocycles. The second kappa shape index (κ2) is 1.49. The third-order valence-electron chi connectivity index (χ3n) is 2.54. The molecule has 7 heterocycles. The summed E-state index contributed by atoms with van der Waals surface area (Å²) in [4.78, 5) is 12.0. The number of rotatable bonds is 0. The number of carbonyl (C=O) groups excluding carboxylic acids is 1. The zero-order valence-electron chi connectivity index (χ0n) is 7.00. The molecule has 1 unspecified atom stereocenters. The number of nitrogens with zero attached hydrogens (tertiary/aromatic N) is 1. The Morgan fingerprint density at radius 3 is 2.31 bits per heavy atom. The Morgan fingerprint density at radius 1 is 1.12 bits per heavy atom. The maximum Gasteiger partial charge on any atom is 0.568 e. The average Bonchev–Trinajstić information content (AvgIpc) is 2.37. The predicted molar refractivity (Wildman–Crippen MR) is 44.6 cm³/mol. The average molecular weight is 289 g/mol. The molecule has 0 aromatic carbocycles. The van der Waals surface area contributed by atoms with E-state index < -0.39 is 30.3 Å². The van der Waals surface area contributed by atoms with Crippen molar-refractivity contribution in [3.8, 4) is 0 Å². The van der Waals surface area contributed by atoms with Crippen LogP contribution in [0.2, 0.25) is 0 Å². The van der Waals surface area contributed by atoms with Crippen LogP contribution in [0, 0.1) is 0 Å². The molecule has 5 fully saturated rings. The first-order valence-corrected chi connectivity index (χ1v) is 9.03. The van der Waals surface area contributed by atoms with Gasteiger partial charge in [0.25, 0.3) is 0 Å². The van der Waals surface area contributed by atoms with Gasteiger partial charge in [-0.1, -0.05) is 0 Å². The summed E-state index contributed by atoms with van der Waals surface area (Å²) in [5, 5.41) is 0.580. The lowest BCUT2D eigenvalue weighted by Crippen LogP contribution is -2.63. The van der Waals surface area contributed by atoms with E-state index in [4.69, 9.17) is 20.4 Å². The maximum atomic E-state index is 12.0. The topological polar surface area (TPSA) is 110 Å². The van der Waals surface area contributed by atoms with Crippen molar-refractivity contribution in [2.45, 2.75) is 0 Å². The summed E-state index contributed by atoms with van der Waals surface area (Å²) in [5.41, 5.74) is 0. The van der Waals surface area contributed by atoms with Gasteiger partial charge < -0.3 is 4.52 Å². The van der Waals surface area contributed by atoms with E-state index in [9.17, 15) is 13.9 Å². The van der Waals surface area contributed by atoms with Gasteiger partial charge in [0, 0.05) is 0 Å². The highest BCUT2D eigenvalue weighted by atomic mass is 32.4. The zero-order valence-corrected chi connectivity index (χ0v) is 9.61. The highest BCUT2D eigenvalue weighted by Crippen LogP contribution is 3.27. The number of hydrogen-bond acceptors (Lipinski definition) is 9. The monoisotopic (exact) mass is 289 g/mol. The Balaban J connectivity index is 1.94. The lowest BCUT2D eigenvalue weighted by molar-refractivity contribution is -0.00221. The molecule has 0 aliphatic carbocycles. The van der Waals surface area contributed by atoms with Crippen LogP contribution in [0.15, 0.2) is 11.3 Å². The molecule has 88 valence electrons. The third-order valence-corrected chi connectivity index (χ3v) is 13.4. The molecule has 1 amide bonds. The quantitative estimate of drug-likeness (QED) is 0.618. The molecule has 10 nitrogen and oxygen atoms in total. The van der Waals surface area contributed by atoms with Crippen molar-refractivity contribution in [1.82, 2.24) is 5.06 Å². The van der Waals surface area contributed by atoms with Gasteiger partial charge in [-0.2, -0.15) is 15.9 Å². The fraction of sp³-hybridized carbons (Fsp3) is 0. The Bertz CT molecular complexity index is 648. The second-order valence-electron chi connectivity index (χ2n) is 3.63. The van der Waals surface area contributed by atoms with Crippen LogP contribution in [0.5, 0.6) is 0 Å². The highest BCUT2D eigenvalue weighted by molar-refractivity contribution is 8.73. The first-order chi connectivity index (χ1) is 7.27. The van der Waals surface area contributed by atoms with Crippen molar-refractivity contribution in [3.05, 3.63) is 11.3 Å². The van der Waals surface area contributed by atoms with Crippen LogP contribution in [-0.4, -0.2) is 10.3 Å². The first-order valence-electron chi connectivity index (χ1n) is 3.89. The molecule has 7 rings (SSSR count). The molecule has 0 N–H and O–H groups in total. The van der Waals surface area contributed by atoms with E-state index in [-0.39, 0.29) is 5.88 Å². The molecule has 0 aromatic rings. The van der Waals surface area contributed by atoms with Crippen molar-refractivity contribution < 1.29 is 39.0 Å². The summed E-state index contributed by atoms with van der Waals surface area (Å²) in [5.74, 6) is -0.188. The van der Waals surface area contributed by atoms with Crippen LogP contribution in [-0.2, 0) is 34.2 Å². The molecule has 1 spiro atoms. The number of carbonyl (C=O) groups is 1. The van der Waals surface area contributed by atoms with Crippen molar-refractivity contribution >= 4 is 30.3 Å². The van der Waals surface area contributed by atoms with E-state index in [1.54, 1.807) is 0 Å². The normalized spacial score (nSPS) is 58.6. The largest absolute Gasteiger partial charge is 0.568 e. The Kier molecular flexibility index (Phi) is 0.809. The molecular formula is C3HNO9P2S. The van der Waals surface area contributed by atoms with Gasteiger partial charge in [0.15, 0.2) is 9.42 Å². The second-order valence-corrected chi connectivity index (χ2v) is 11.2. The Labute approximate surface area is 86.2 Å². The lowest BCUT2D eigenvalue weighted by atomic mass is 10.9. The number of phosphoric acid groups is 2. The molecule has 0 aromatic heterocycles. The minimum Gasteiger partial charge on any atom is -0.382 e. The molecule has 13 heteroatoms. The zero-order chi connectivity index (χ0) is 11.1. The van der Waals surface area contributed by atoms with E-state index >= 15 is 0 Å². The Hall–Kier alpha value is -0.380. The van der Waals surface area contributed by atoms with Crippen molar-refractivity contribution in [1.29, 1.82) is 0 Å². The van der Waals surface area contributed by atoms with Crippen LogP contribution in [0.4, 0.5) is 4.79 Å². The van der Waals surface area contributed by atoms with Gasteiger partial charge >= 0.3 is 20.9 Å². The van der Waals surface area contributed by atoms with Crippen molar-refractivity contribution in [2.24, 2.45) is 0 Å². The fourth-order valence-corrected chi connectivity index (χ4v) is 14.0. The molecule has 5 bridgehead atoms. The van der Waals surface area contributed by atoms with Crippen LogP contribution in [0.25, 0.3) is 0 Å². The van der Waals surface area contributed by atoms with Crippen molar-refractivity contribution in [3.63, 3.8) is 0 Å². The van der Waals surface area contributed by atoms with Crippen LogP contribution in [0.3, 0.4) is 0 Å². The smallest absolute Gasteiger partial charge is 0.382 e. The summed E-state index contributed by atoms with van der Waals surface area (Å²) in [6.45, 7) is 0. The molecule has 0 radical (unpaired) electrons. The van der Waals surface area contributed by atoms with Crippen LogP contribution < -0.4 is 0 Å². The molecule has 0 saturated carbocycles. The molecule has 5 saturated heterocycles. The summed E-state index contributed by atoms with van der Waals surface area (Å²) in [6, 6.07) is 0. The van der Waals surface area contributed by atoms with E-state index in [0.29, 0.717) is 5.06 Å². The van der Waals surface area contributed by atoms with Gasteiger partial charge in [0.1, 0.15) is 0 Å². The van der Waals surface area contributed by atoms with E-state index in [1.165, 1.54) is 0 Å². The van der Waals surface area contributed by atoms with Gasteiger partial charge in [-0.3, -0.25) is 4.79 Å². The van der Waals surface area contributed by atoms with Gasteiger partial charge in [-0.25, -0.2) is 9.13 Å². The van der Waals surface area contributed by atoms with Gasteiger partial charge in [0.05, 0.1) is 5.41 Å². The van der Waals surface area contributed by atoms with Crippen LogP contribution in [0.1, 0.15) is 0 Å². The maximum absolute atomic E-state index is 12.0. The summed E-state index contributed by atoms with van der Waals surface area (Å²) >= 11 is 0. The summed E-state index contributed by atoms with van der Waals surface area (Å²) in [6.07, 6.45) is 0. The highest BCUT2D eigenvalue weighted by Gasteiger charge is 3.05. The minimum atomic E-state index is -5.07. The molecule has 7 aliphatic rings. The Morgan fingerprint density at radius 2 is 1.75 bits per heavy atom. The standard InChI is InChI=1S/C3HNO9P2S/c5-3-4-2-1-16(3,10-14(6,8-2)9-4)11-15(7,12-16)13-16/h1H. The summed E-state index contributed by atoms with van der Waals surface area (Å²) < 4.78 is 52.0. The molecule has 1 atom stereocenters. The first kappa shape index (κ1) is 8.67. The van der Waals surface area contributed by atoms with Gasteiger partial charge in [-0.15, -0.1) is 9.69 Å². The van der Waals surface area contributed by atoms with Gasteiger partial charge in [-0.05, 0) is 0 Å². The number of hydrogen-bond donors (Lipinski definition) is 0. The van der Waals surface area contributed by atoms with E-state index in [2.05, 4.69) is 4.62 Å². The van der Waals surface area contributed by atoms with Crippen LogP contribution >= 0.6 is 25.1 Å². The number of amides is 1. The van der Waals surface area contributed by atoms with E-state index in [1.807, 2.05) is 0 Å². The van der Waals surface area contributed by atoms with E-state index in [0.717, 1.165) is 5.41 Å². The minimum absolute atomic E-state index is 0.188.